The number of nitrogens with two attached hydrogens (primary N) is 3. The number of hydroxylamine groups is 2. The fraction of sp³-hybridized carbons (Fsp3) is 0.963. The summed E-state index contributed by atoms with van der Waals surface area (Å²) in [7, 11) is 1.53. The molecule has 3 fully saturated rings. The zero-order valence-electron chi connectivity index (χ0n) is 26.2. The predicted octanol–water partition coefficient (Wildman–Crippen LogP) is -6.81. The number of carbonyl (C=O) groups excluding carboxylic acids is 1. The number of aliphatic hydroxyl groups is 7. The molecule has 0 aromatic heterocycles. The summed E-state index contributed by atoms with van der Waals surface area (Å²) in [5.41, 5.74) is 15.8. The molecule has 2 unspecified atom stereocenters. The SMILES string of the molecule is CN[C@@H]1[C@@H](O)[C@@H](O[C@H]2[C@H](CC(=O)N(O)CCN)C[C@H](N)C(O[C@H]3O[C@H](CNCC(O)CCN)[C@@H](O)[C@H](O)[C@H]3O)[C@@H]2O)OC[C@]1(C)O. The van der Waals surface area contributed by atoms with Gasteiger partial charge in [-0.3, -0.25) is 10.0 Å². The topological polar surface area (TPSA) is 321 Å². The van der Waals surface area contributed by atoms with Gasteiger partial charge < -0.3 is 82.5 Å². The molecule has 15 atom stereocenters. The van der Waals surface area contributed by atoms with Crippen LogP contribution in [0.3, 0.4) is 0 Å². The van der Waals surface area contributed by atoms with Crippen LogP contribution in [0.2, 0.25) is 0 Å². The molecule has 0 radical (unpaired) electrons. The van der Waals surface area contributed by atoms with Crippen LogP contribution in [-0.4, -0.2) is 184 Å². The Kier molecular flexibility index (Phi) is 14.9. The highest BCUT2D eigenvalue weighted by Gasteiger charge is 2.53. The first-order valence-corrected chi connectivity index (χ1v) is 15.6. The van der Waals surface area contributed by atoms with E-state index in [-0.39, 0.29) is 52.2 Å². The first-order chi connectivity index (χ1) is 21.7. The average Bonchev–Trinajstić information content (AvgIpc) is 2.99. The van der Waals surface area contributed by atoms with Crippen LogP contribution < -0.4 is 27.8 Å². The maximum atomic E-state index is 12.8. The minimum atomic E-state index is -1.76. The maximum absolute atomic E-state index is 12.8. The third-order valence-electron chi connectivity index (χ3n) is 8.82. The van der Waals surface area contributed by atoms with E-state index < -0.39 is 97.0 Å². The van der Waals surface area contributed by atoms with E-state index in [9.17, 15) is 45.7 Å². The van der Waals surface area contributed by atoms with Crippen molar-refractivity contribution >= 4 is 5.91 Å². The number of hydrogen-bond acceptors (Lipinski definition) is 18. The maximum Gasteiger partial charge on any atom is 0.246 e. The van der Waals surface area contributed by atoms with Crippen LogP contribution in [0.15, 0.2) is 0 Å². The molecule has 46 heavy (non-hydrogen) atoms. The summed E-state index contributed by atoms with van der Waals surface area (Å²) in [5.74, 6) is -1.56. The second-order valence-electron chi connectivity index (χ2n) is 12.6. The molecule has 1 aliphatic carbocycles. The molecule has 3 rings (SSSR count). The van der Waals surface area contributed by atoms with Gasteiger partial charge in [0.25, 0.3) is 0 Å². The Labute approximate surface area is 267 Å². The van der Waals surface area contributed by atoms with Crippen molar-refractivity contribution in [2.45, 2.75) is 111 Å². The Balaban J connectivity index is 1.80. The second kappa shape index (κ2) is 17.4. The summed E-state index contributed by atoms with van der Waals surface area (Å²) in [4.78, 5) is 12.8. The first-order valence-electron chi connectivity index (χ1n) is 15.6. The Hall–Kier alpha value is -1.21. The molecule has 1 amide bonds. The molecule has 3 aliphatic rings. The van der Waals surface area contributed by atoms with Gasteiger partial charge in [-0.25, -0.2) is 5.06 Å². The molecule has 1 saturated carbocycles. The number of nitrogens with zero attached hydrogens (tertiary/aromatic N) is 1. The zero-order valence-corrected chi connectivity index (χ0v) is 26.2. The van der Waals surface area contributed by atoms with Crippen LogP contribution in [-0.2, 0) is 23.7 Å². The fourth-order valence-electron chi connectivity index (χ4n) is 6.25. The Morgan fingerprint density at radius 3 is 2.33 bits per heavy atom. The molecule has 0 aromatic rings. The minimum Gasteiger partial charge on any atom is -0.392 e. The third kappa shape index (κ3) is 9.48. The molecular formula is C27H54N6O13. The molecule has 0 spiro atoms. The first kappa shape index (κ1) is 39.2. The van der Waals surface area contributed by atoms with Crippen LogP contribution in [0.25, 0.3) is 0 Å². The molecule has 19 heteroatoms. The van der Waals surface area contributed by atoms with Crippen LogP contribution in [0.5, 0.6) is 0 Å². The van der Waals surface area contributed by atoms with Crippen molar-refractivity contribution in [2.75, 3.05) is 46.4 Å². The van der Waals surface area contributed by atoms with Crippen LogP contribution in [0.1, 0.15) is 26.2 Å². The highest BCUT2D eigenvalue weighted by Crippen LogP contribution is 2.36. The molecular weight excluding hydrogens is 616 g/mol. The largest absolute Gasteiger partial charge is 0.392 e. The number of carbonyl (C=O) groups is 1. The van der Waals surface area contributed by atoms with E-state index in [1.165, 1.54) is 14.0 Å². The quantitative estimate of drug-likeness (QED) is 0.0568. The van der Waals surface area contributed by atoms with Gasteiger partial charge in [0.2, 0.25) is 5.91 Å². The minimum absolute atomic E-state index is 0.00656. The summed E-state index contributed by atoms with van der Waals surface area (Å²) in [6.45, 7) is 1.41. The number of nitrogens with one attached hydrogen (secondary N) is 2. The van der Waals surface area contributed by atoms with Crippen molar-refractivity contribution < 1.29 is 64.7 Å². The Bertz CT molecular complexity index is 943. The molecule has 2 saturated heterocycles. The molecule has 2 heterocycles. The standard InChI is InChI=1S/C27H54N6O13/c1-27(41)11-43-25(21(40)24(27)31-2)45-22-12(8-16(35)33(42)6-5-29)7-14(30)23(20(22)39)46-26-19(38)18(37)17(36)15(44-26)10-32-9-13(34)3-4-28/h12-15,17-26,31-32,34,36-42H,3-11,28-30H2,1-2H3/t12-,13?,14-,15+,17+,18-,19+,20+,21+,22-,23?,24+,25+,26+,27-/m0/s1. The van der Waals surface area contributed by atoms with E-state index in [0.717, 1.165) is 0 Å². The van der Waals surface area contributed by atoms with Gasteiger partial charge in [-0.2, -0.15) is 0 Å². The monoisotopic (exact) mass is 670 g/mol. The van der Waals surface area contributed by atoms with Gasteiger partial charge in [-0.1, -0.05) is 0 Å². The normalized spacial score (nSPS) is 42.5. The third-order valence-corrected chi connectivity index (χ3v) is 8.82. The lowest BCUT2D eigenvalue weighted by Crippen LogP contribution is -2.67. The molecule has 270 valence electrons. The molecule has 19 nitrogen and oxygen atoms in total. The smallest absolute Gasteiger partial charge is 0.246 e. The number of amides is 1. The highest BCUT2D eigenvalue weighted by molar-refractivity contribution is 5.75. The van der Waals surface area contributed by atoms with Gasteiger partial charge in [0.15, 0.2) is 12.6 Å². The lowest BCUT2D eigenvalue weighted by Gasteiger charge is -2.49. The number of aliphatic hydroxyl groups excluding tert-OH is 6. The summed E-state index contributed by atoms with van der Waals surface area (Å²) < 4.78 is 23.4. The number of rotatable bonds is 15. The molecule has 16 N–H and O–H groups in total. The number of ether oxygens (including phenoxy) is 4. The molecule has 0 bridgehead atoms. The lowest BCUT2D eigenvalue weighted by atomic mass is 9.77. The number of hydrogen-bond donors (Lipinski definition) is 13. The van der Waals surface area contributed by atoms with Gasteiger partial charge >= 0.3 is 0 Å². The van der Waals surface area contributed by atoms with Crippen molar-refractivity contribution in [3.8, 4) is 0 Å². The fourth-order valence-corrected chi connectivity index (χ4v) is 6.25. The van der Waals surface area contributed by atoms with Gasteiger partial charge in [-0.05, 0) is 39.3 Å². The van der Waals surface area contributed by atoms with Gasteiger partial charge in [-0.15, -0.1) is 0 Å². The van der Waals surface area contributed by atoms with E-state index in [0.29, 0.717) is 11.5 Å². The van der Waals surface area contributed by atoms with Gasteiger partial charge in [0.1, 0.15) is 48.3 Å². The highest BCUT2D eigenvalue weighted by atomic mass is 16.7. The van der Waals surface area contributed by atoms with E-state index in [1.54, 1.807) is 0 Å². The summed E-state index contributed by atoms with van der Waals surface area (Å²) >= 11 is 0. The van der Waals surface area contributed by atoms with Crippen LogP contribution in [0, 0.1) is 5.92 Å². The second-order valence-corrected chi connectivity index (χ2v) is 12.6. The van der Waals surface area contributed by atoms with E-state index >= 15 is 0 Å². The lowest BCUT2D eigenvalue weighted by molar-refractivity contribution is -0.333. The van der Waals surface area contributed by atoms with Gasteiger partial charge in [0.05, 0.1) is 31.4 Å². The molecule has 2 aliphatic heterocycles. The zero-order chi connectivity index (χ0) is 34.3. The van der Waals surface area contributed by atoms with E-state index in [4.69, 9.17) is 36.1 Å². The Morgan fingerprint density at radius 2 is 1.70 bits per heavy atom. The van der Waals surface area contributed by atoms with E-state index in [2.05, 4.69) is 10.6 Å². The number of likely N-dealkylation sites (N-methyl/N-ethyl adjacent to an activating group) is 1. The van der Waals surface area contributed by atoms with Crippen LogP contribution in [0.4, 0.5) is 0 Å². The van der Waals surface area contributed by atoms with Crippen molar-refractivity contribution in [3.63, 3.8) is 0 Å². The average molecular weight is 671 g/mol. The Morgan fingerprint density at radius 1 is 1.02 bits per heavy atom. The summed E-state index contributed by atoms with van der Waals surface area (Å²) in [6, 6.07) is -1.88. The molecule has 0 aromatic carbocycles. The van der Waals surface area contributed by atoms with Crippen molar-refractivity contribution in [1.82, 2.24) is 15.7 Å². The van der Waals surface area contributed by atoms with Crippen molar-refractivity contribution in [2.24, 2.45) is 23.1 Å². The van der Waals surface area contributed by atoms with Gasteiger partial charge in [0, 0.05) is 32.1 Å². The van der Waals surface area contributed by atoms with Crippen molar-refractivity contribution in [1.29, 1.82) is 0 Å². The predicted molar refractivity (Wildman–Crippen MR) is 157 cm³/mol. The summed E-state index contributed by atoms with van der Waals surface area (Å²) in [6.07, 6.45) is -15.5. The van der Waals surface area contributed by atoms with E-state index in [1.807, 2.05) is 0 Å². The van der Waals surface area contributed by atoms with Crippen molar-refractivity contribution in [3.05, 3.63) is 0 Å². The summed E-state index contributed by atoms with van der Waals surface area (Å²) in [5, 5.41) is 91.1. The van der Waals surface area contributed by atoms with Crippen LogP contribution >= 0.6 is 0 Å².